The van der Waals surface area contributed by atoms with E-state index in [2.05, 4.69) is 0 Å². The second-order valence-corrected chi connectivity index (χ2v) is 11.1. The molecule has 0 N–H and O–H groups in total. The molecule has 1 aromatic carbocycles. The Labute approximate surface area is 200 Å². The number of carbonyl (C=O) groups is 1. The molecule has 1 fully saturated rings. The van der Waals surface area contributed by atoms with Crippen molar-refractivity contribution in [3.05, 3.63) is 77.6 Å². The summed E-state index contributed by atoms with van der Waals surface area (Å²) in [5.41, 5.74) is 2.42. The molecule has 2 aliphatic rings. The molecule has 5 rings (SSSR count). The van der Waals surface area contributed by atoms with Gasteiger partial charge in [0.15, 0.2) is 0 Å². The van der Waals surface area contributed by atoms with E-state index in [0.717, 1.165) is 31.2 Å². The summed E-state index contributed by atoms with van der Waals surface area (Å²) in [6.45, 7) is 1.37. The first-order valence-electron chi connectivity index (χ1n) is 12.0. The number of hydrogen-bond acceptors (Lipinski definition) is 5. The van der Waals surface area contributed by atoms with E-state index in [1.165, 1.54) is 9.87 Å². The van der Waals surface area contributed by atoms with Crippen LogP contribution < -0.4 is 0 Å². The molecule has 180 valence electrons. The van der Waals surface area contributed by atoms with E-state index in [1.54, 1.807) is 35.6 Å². The van der Waals surface area contributed by atoms with E-state index < -0.39 is 10.0 Å². The number of piperidine rings is 1. The first-order chi connectivity index (χ1) is 16.5. The van der Waals surface area contributed by atoms with Crippen molar-refractivity contribution in [2.24, 2.45) is 5.92 Å². The third-order valence-electron chi connectivity index (χ3n) is 6.93. The van der Waals surface area contributed by atoms with Gasteiger partial charge in [-0.25, -0.2) is 8.42 Å². The van der Waals surface area contributed by atoms with E-state index in [0.29, 0.717) is 55.4 Å². The zero-order valence-corrected chi connectivity index (χ0v) is 20.0. The summed E-state index contributed by atoms with van der Waals surface area (Å²) in [5.74, 6) is 1.16. The Balaban J connectivity index is 1.26. The van der Waals surface area contributed by atoms with Crippen LogP contribution in [0.4, 0.5) is 0 Å². The highest BCUT2D eigenvalue weighted by Gasteiger charge is 2.34. The molecule has 34 heavy (non-hydrogen) atoms. The van der Waals surface area contributed by atoms with E-state index >= 15 is 0 Å². The molecular weight excluding hydrogens is 452 g/mol. The summed E-state index contributed by atoms with van der Waals surface area (Å²) >= 11 is 0. The van der Waals surface area contributed by atoms with Gasteiger partial charge in [0.1, 0.15) is 11.5 Å². The molecule has 0 atom stereocenters. The topological polar surface area (TPSA) is 84.0 Å². The van der Waals surface area contributed by atoms with Gasteiger partial charge in [0.2, 0.25) is 15.9 Å². The lowest BCUT2D eigenvalue weighted by Gasteiger charge is -2.33. The third kappa shape index (κ3) is 4.83. The van der Waals surface area contributed by atoms with Gasteiger partial charge in [0, 0.05) is 19.0 Å². The monoisotopic (exact) mass is 482 g/mol. The second kappa shape index (κ2) is 9.80. The summed E-state index contributed by atoms with van der Waals surface area (Å²) < 4.78 is 39.1. The van der Waals surface area contributed by atoms with E-state index in [-0.39, 0.29) is 11.8 Å². The van der Waals surface area contributed by atoms with Gasteiger partial charge < -0.3 is 13.7 Å². The Morgan fingerprint density at radius 2 is 1.53 bits per heavy atom. The first-order valence-corrected chi connectivity index (χ1v) is 13.4. The lowest BCUT2D eigenvalue weighted by atomic mass is 9.92. The number of aryl methyl sites for hydroxylation is 2. The van der Waals surface area contributed by atoms with Crippen LogP contribution in [0.2, 0.25) is 0 Å². The number of hydrogen-bond donors (Lipinski definition) is 0. The predicted octanol–water partition coefficient (Wildman–Crippen LogP) is 4.38. The van der Waals surface area contributed by atoms with Crippen molar-refractivity contribution in [2.75, 3.05) is 13.1 Å². The third-order valence-corrected chi connectivity index (χ3v) is 8.82. The molecule has 0 bridgehead atoms. The molecule has 1 aliphatic heterocycles. The average Bonchev–Trinajstić information content (AvgIpc) is 3.57. The van der Waals surface area contributed by atoms with Crippen LogP contribution in [0.5, 0.6) is 0 Å². The highest BCUT2D eigenvalue weighted by Crippen LogP contribution is 2.29. The molecule has 2 aromatic heterocycles. The Bertz CT molecular complexity index is 1170. The Kier molecular flexibility index (Phi) is 6.61. The van der Waals surface area contributed by atoms with Crippen LogP contribution in [0.15, 0.2) is 68.7 Å². The van der Waals surface area contributed by atoms with Crippen molar-refractivity contribution < 1.29 is 22.0 Å². The molecule has 0 spiro atoms. The fraction of sp³-hybridized carbons (Fsp3) is 0.423. The van der Waals surface area contributed by atoms with Gasteiger partial charge in [-0.05, 0) is 86.1 Å². The molecule has 0 unspecified atom stereocenters. The standard InChI is InChI=1S/C26H30N2O5S/c29-26(27(18-23-7-3-15-32-23)19-24-8-4-16-33-24)21-11-13-28(14-12-21)34(30,31)25-10-9-20-5-1-2-6-22(20)17-25/h3-4,7-10,15-17,21H,1-2,5-6,11-14,18-19H2. The smallest absolute Gasteiger partial charge is 0.243 e. The molecular formula is C26H30N2O5S. The number of carbonyl (C=O) groups excluding carboxylic acids is 1. The summed E-state index contributed by atoms with van der Waals surface area (Å²) in [6, 6.07) is 12.9. The SMILES string of the molecule is O=C(C1CCN(S(=O)(=O)c2ccc3c(c2)CCCC3)CC1)N(Cc1ccco1)Cc1ccco1. The van der Waals surface area contributed by atoms with Gasteiger partial charge in [0.05, 0.1) is 30.5 Å². The molecule has 0 radical (unpaired) electrons. The van der Waals surface area contributed by atoms with Crippen LogP contribution >= 0.6 is 0 Å². The van der Waals surface area contributed by atoms with Crippen LogP contribution in [0.3, 0.4) is 0 Å². The number of nitrogens with zero attached hydrogens (tertiary/aromatic N) is 2. The number of amides is 1. The van der Waals surface area contributed by atoms with Gasteiger partial charge in [0.25, 0.3) is 0 Å². The van der Waals surface area contributed by atoms with Gasteiger partial charge in [-0.1, -0.05) is 6.07 Å². The van der Waals surface area contributed by atoms with Crippen LogP contribution in [-0.2, 0) is 40.7 Å². The Morgan fingerprint density at radius 1 is 0.912 bits per heavy atom. The van der Waals surface area contributed by atoms with Crippen molar-refractivity contribution in [1.82, 2.24) is 9.21 Å². The minimum atomic E-state index is -3.57. The highest BCUT2D eigenvalue weighted by atomic mass is 32.2. The molecule has 8 heteroatoms. The van der Waals surface area contributed by atoms with Crippen LogP contribution in [-0.4, -0.2) is 36.6 Å². The minimum absolute atomic E-state index is 0.00127. The summed E-state index contributed by atoms with van der Waals surface area (Å²) in [6.07, 6.45) is 8.41. The largest absolute Gasteiger partial charge is 0.467 e. The predicted molar refractivity (Wildman–Crippen MR) is 126 cm³/mol. The zero-order valence-electron chi connectivity index (χ0n) is 19.2. The van der Waals surface area contributed by atoms with Gasteiger partial charge >= 0.3 is 0 Å². The van der Waals surface area contributed by atoms with Crippen molar-refractivity contribution in [2.45, 2.75) is 56.5 Å². The number of rotatable bonds is 7. The minimum Gasteiger partial charge on any atom is -0.467 e. The molecule has 3 aromatic rings. The fourth-order valence-corrected chi connectivity index (χ4v) is 6.53. The van der Waals surface area contributed by atoms with Gasteiger partial charge in [-0.15, -0.1) is 0 Å². The number of furan rings is 2. The lowest BCUT2D eigenvalue weighted by Crippen LogP contribution is -2.44. The van der Waals surface area contributed by atoms with Gasteiger partial charge in [-0.2, -0.15) is 4.31 Å². The lowest BCUT2D eigenvalue weighted by molar-refractivity contribution is -0.138. The Hall–Kier alpha value is -2.84. The molecule has 3 heterocycles. The zero-order chi connectivity index (χ0) is 23.5. The number of fused-ring (bicyclic) bond motifs is 1. The van der Waals surface area contributed by atoms with Crippen molar-refractivity contribution in [3.63, 3.8) is 0 Å². The summed E-state index contributed by atoms with van der Waals surface area (Å²) in [4.78, 5) is 15.5. The summed E-state index contributed by atoms with van der Waals surface area (Å²) in [7, 11) is -3.57. The van der Waals surface area contributed by atoms with Crippen LogP contribution in [0.1, 0.15) is 48.3 Å². The molecule has 7 nitrogen and oxygen atoms in total. The number of sulfonamides is 1. The molecule has 1 aliphatic carbocycles. The average molecular weight is 483 g/mol. The molecule has 0 saturated carbocycles. The quantitative estimate of drug-likeness (QED) is 0.499. The van der Waals surface area contributed by atoms with E-state index in [9.17, 15) is 13.2 Å². The summed E-state index contributed by atoms with van der Waals surface area (Å²) in [5, 5.41) is 0. The van der Waals surface area contributed by atoms with Gasteiger partial charge in [-0.3, -0.25) is 4.79 Å². The normalized spacial score (nSPS) is 17.4. The second-order valence-electron chi connectivity index (χ2n) is 9.17. The van der Waals surface area contributed by atoms with E-state index in [4.69, 9.17) is 8.83 Å². The molecule has 1 saturated heterocycles. The van der Waals surface area contributed by atoms with Crippen molar-refractivity contribution in [1.29, 1.82) is 0 Å². The molecule has 1 amide bonds. The van der Waals surface area contributed by atoms with E-state index in [1.807, 2.05) is 24.3 Å². The highest BCUT2D eigenvalue weighted by molar-refractivity contribution is 7.89. The first kappa shape index (κ1) is 22.9. The van der Waals surface area contributed by atoms with Crippen LogP contribution in [0.25, 0.3) is 0 Å². The maximum Gasteiger partial charge on any atom is 0.243 e. The maximum atomic E-state index is 13.4. The number of benzene rings is 1. The van der Waals surface area contributed by atoms with Crippen molar-refractivity contribution >= 4 is 15.9 Å². The van der Waals surface area contributed by atoms with Crippen molar-refractivity contribution in [3.8, 4) is 0 Å². The van der Waals surface area contributed by atoms with Crippen LogP contribution in [0, 0.1) is 5.92 Å². The maximum absolute atomic E-state index is 13.4. The Morgan fingerprint density at radius 3 is 2.12 bits per heavy atom. The fourth-order valence-electron chi connectivity index (χ4n) is 5.01.